The molecule has 3 atom stereocenters. The Hall–Kier alpha value is -2.12. The van der Waals surface area contributed by atoms with Crippen LogP contribution in [0.4, 0.5) is 0 Å². The van der Waals surface area contributed by atoms with Gasteiger partial charge < -0.3 is 9.16 Å². The van der Waals surface area contributed by atoms with E-state index in [1.54, 1.807) is 0 Å². The second-order valence-corrected chi connectivity index (χ2v) is 16.8. The first-order valence-corrected chi connectivity index (χ1v) is 15.0. The number of hydrogen-bond donors (Lipinski definition) is 0. The molecule has 2 aromatic carbocycles. The minimum Gasteiger partial charge on any atom is -0.405 e. The van der Waals surface area contributed by atoms with Gasteiger partial charge in [-0.1, -0.05) is 120 Å². The highest BCUT2D eigenvalue weighted by molar-refractivity contribution is 6.99. The highest BCUT2D eigenvalue weighted by atomic mass is 28.4. The minimum absolute atomic E-state index is 0.00293. The average Bonchev–Trinajstić information content (AvgIpc) is 3.48. The molecule has 3 unspecified atom stereocenters. The Morgan fingerprint density at radius 2 is 1.51 bits per heavy atom. The van der Waals surface area contributed by atoms with Gasteiger partial charge >= 0.3 is 0 Å². The van der Waals surface area contributed by atoms with Crippen LogP contribution in [0.3, 0.4) is 0 Å². The fraction of sp³-hybridized carbons (Fsp3) is 0.500. The predicted octanol–water partition coefficient (Wildman–Crippen LogP) is 6.50. The highest BCUT2D eigenvalue weighted by Gasteiger charge is 2.56. The Bertz CT molecular complexity index is 1060. The van der Waals surface area contributed by atoms with Crippen molar-refractivity contribution in [1.82, 2.24) is 0 Å². The standard InChI is InChI=1S/C32H42O2Si/c1-30(2,3)26-20-18-25(19-21-26)22-23-32(7)29(34-32)24-33-35(31(4,5)6,27-14-10-8-11-15-27)28-16-12-9-13-17-28/h8-18,26,29H,19-21,24H2,1-7H3. The Kier molecular flexibility index (Phi) is 7.22. The van der Waals surface area contributed by atoms with Gasteiger partial charge in [-0.2, -0.15) is 0 Å². The molecule has 1 aliphatic carbocycles. The first-order chi connectivity index (χ1) is 16.5. The third-order valence-corrected chi connectivity index (χ3v) is 12.9. The van der Waals surface area contributed by atoms with Crippen LogP contribution in [0.25, 0.3) is 0 Å². The summed E-state index contributed by atoms with van der Waals surface area (Å²) in [6.45, 7) is 16.6. The molecule has 1 aliphatic heterocycles. The number of allylic oxidation sites excluding steroid dienone is 2. The van der Waals surface area contributed by atoms with Crippen LogP contribution in [0.5, 0.6) is 0 Å². The lowest BCUT2D eigenvalue weighted by Crippen LogP contribution is -2.66. The molecule has 0 N–H and O–H groups in total. The van der Waals surface area contributed by atoms with Gasteiger partial charge in [-0.3, -0.25) is 0 Å². The summed E-state index contributed by atoms with van der Waals surface area (Å²) in [7, 11) is -2.56. The van der Waals surface area contributed by atoms with Crippen molar-refractivity contribution >= 4 is 18.7 Å². The molecule has 0 spiro atoms. The van der Waals surface area contributed by atoms with E-state index in [2.05, 4.69) is 127 Å². The summed E-state index contributed by atoms with van der Waals surface area (Å²) in [6, 6.07) is 21.6. The van der Waals surface area contributed by atoms with Crippen LogP contribution in [0, 0.1) is 23.2 Å². The molecule has 2 nitrogen and oxygen atoms in total. The van der Waals surface area contributed by atoms with E-state index in [0.29, 0.717) is 12.0 Å². The number of hydrogen-bond acceptors (Lipinski definition) is 2. The van der Waals surface area contributed by atoms with Crippen molar-refractivity contribution in [2.24, 2.45) is 11.3 Å². The second-order valence-electron chi connectivity index (χ2n) is 12.5. The van der Waals surface area contributed by atoms with Gasteiger partial charge in [0.25, 0.3) is 8.32 Å². The second kappa shape index (κ2) is 9.73. The molecule has 186 valence electrons. The zero-order chi connectivity index (χ0) is 25.3. The zero-order valence-corrected chi connectivity index (χ0v) is 23.7. The van der Waals surface area contributed by atoms with E-state index in [1.165, 1.54) is 22.4 Å². The van der Waals surface area contributed by atoms with Crippen LogP contribution in [0.1, 0.15) is 67.7 Å². The molecular formula is C32H42O2Si. The van der Waals surface area contributed by atoms with Crippen LogP contribution in [-0.4, -0.2) is 26.6 Å². The third-order valence-electron chi connectivity index (χ3n) is 7.92. The van der Waals surface area contributed by atoms with Crippen molar-refractivity contribution in [3.05, 3.63) is 72.3 Å². The summed E-state index contributed by atoms with van der Waals surface area (Å²) in [5.74, 6) is 7.66. The number of rotatable bonds is 5. The lowest BCUT2D eigenvalue weighted by atomic mass is 9.73. The maximum atomic E-state index is 7.06. The molecule has 0 aromatic heterocycles. The number of ether oxygens (including phenoxy) is 1. The first kappa shape index (κ1) is 26.0. The molecule has 0 saturated carbocycles. The Morgan fingerprint density at radius 1 is 0.943 bits per heavy atom. The highest BCUT2D eigenvalue weighted by Crippen LogP contribution is 2.41. The van der Waals surface area contributed by atoms with Crippen LogP contribution in [-0.2, 0) is 9.16 Å². The van der Waals surface area contributed by atoms with E-state index in [4.69, 9.17) is 9.16 Å². The quantitative estimate of drug-likeness (QED) is 0.273. The maximum absolute atomic E-state index is 7.06. The third kappa shape index (κ3) is 5.51. The largest absolute Gasteiger partial charge is 0.405 e. The smallest absolute Gasteiger partial charge is 0.261 e. The number of benzene rings is 2. The zero-order valence-electron chi connectivity index (χ0n) is 22.7. The van der Waals surface area contributed by atoms with Crippen molar-refractivity contribution in [2.45, 2.75) is 84.5 Å². The van der Waals surface area contributed by atoms with Crippen LogP contribution >= 0.6 is 0 Å². The number of epoxide rings is 1. The summed E-state index contributed by atoms with van der Waals surface area (Å²) in [5, 5.41) is 2.56. The molecule has 2 aromatic rings. The first-order valence-electron chi connectivity index (χ1n) is 13.1. The van der Waals surface area contributed by atoms with Gasteiger partial charge in [0.1, 0.15) is 6.10 Å². The normalized spacial score (nSPS) is 24.8. The molecular weight excluding hydrogens is 444 g/mol. The van der Waals surface area contributed by atoms with Gasteiger partial charge in [0, 0.05) is 0 Å². The van der Waals surface area contributed by atoms with Crippen LogP contribution in [0.15, 0.2) is 72.3 Å². The fourth-order valence-electron chi connectivity index (χ4n) is 5.47. The molecule has 1 saturated heterocycles. The molecule has 4 rings (SSSR count). The van der Waals surface area contributed by atoms with E-state index in [0.717, 1.165) is 18.8 Å². The SMILES string of the molecule is CC(C)(C)C1CC=C(C#CC2(C)OC2CO[Si](c2ccccc2)(c2ccccc2)C(C)(C)C)CC1. The van der Waals surface area contributed by atoms with E-state index in [1.807, 2.05) is 0 Å². The summed E-state index contributed by atoms with van der Waals surface area (Å²) < 4.78 is 13.2. The monoisotopic (exact) mass is 486 g/mol. The molecule has 0 amide bonds. The Labute approximate surface area is 214 Å². The van der Waals surface area contributed by atoms with E-state index >= 15 is 0 Å². The van der Waals surface area contributed by atoms with Crippen molar-refractivity contribution in [3.63, 3.8) is 0 Å². The Morgan fingerprint density at radius 3 is 1.97 bits per heavy atom. The van der Waals surface area contributed by atoms with Crippen molar-refractivity contribution in [3.8, 4) is 11.8 Å². The molecule has 0 radical (unpaired) electrons. The minimum atomic E-state index is -2.56. The topological polar surface area (TPSA) is 21.8 Å². The molecule has 35 heavy (non-hydrogen) atoms. The van der Waals surface area contributed by atoms with Crippen LogP contribution in [0.2, 0.25) is 5.04 Å². The van der Waals surface area contributed by atoms with Crippen molar-refractivity contribution in [1.29, 1.82) is 0 Å². The van der Waals surface area contributed by atoms with Crippen LogP contribution < -0.4 is 10.4 Å². The fourth-order valence-corrected chi connectivity index (χ4v) is 10.0. The van der Waals surface area contributed by atoms with E-state index in [-0.39, 0.29) is 11.1 Å². The summed E-state index contributed by atoms with van der Waals surface area (Å²) in [5.41, 5.74) is 1.21. The van der Waals surface area contributed by atoms with Gasteiger partial charge in [-0.25, -0.2) is 0 Å². The van der Waals surface area contributed by atoms with Gasteiger partial charge in [0.2, 0.25) is 0 Å². The molecule has 0 bridgehead atoms. The maximum Gasteiger partial charge on any atom is 0.261 e. The molecule has 1 heterocycles. The molecule has 3 heteroatoms. The lowest BCUT2D eigenvalue weighted by molar-refractivity contribution is 0.222. The van der Waals surface area contributed by atoms with Crippen molar-refractivity contribution in [2.75, 3.05) is 6.61 Å². The van der Waals surface area contributed by atoms with Crippen molar-refractivity contribution < 1.29 is 9.16 Å². The summed E-state index contributed by atoms with van der Waals surface area (Å²) >= 11 is 0. The summed E-state index contributed by atoms with van der Waals surface area (Å²) in [4.78, 5) is 0. The average molecular weight is 487 g/mol. The van der Waals surface area contributed by atoms with E-state index in [9.17, 15) is 0 Å². The molecule has 2 aliphatic rings. The van der Waals surface area contributed by atoms with E-state index < -0.39 is 13.9 Å². The summed E-state index contributed by atoms with van der Waals surface area (Å²) in [6.07, 6.45) is 5.79. The van der Waals surface area contributed by atoms with Gasteiger partial charge in [0.15, 0.2) is 5.60 Å². The van der Waals surface area contributed by atoms with Gasteiger partial charge in [-0.05, 0) is 58.5 Å². The predicted molar refractivity (Wildman–Crippen MR) is 150 cm³/mol. The Balaban J connectivity index is 1.52. The van der Waals surface area contributed by atoms with Gasteiger partial charge in [-0.15, -0.1) is 0 Å². The van der Waals surface area contributed by atoms with Gasteiger partial charge in [0.05, 0.1) is 6.61 Å². The molecule has 1 fully saturated rings. The lowest BCUT2D eigenvalue weighted by Gasteiger charge is -2.43.